The minimum absolute atomic E-state index is 0.109. The highest BCUT2D eigenvalue weighted by Crippen LogP contribution is 2.09. The van der Waals surface area contributed by atoms with Crippen LogP contribution in [0.3, 0.4) is 0 Å². The van der Waals surface area contributed by atoms with Crippen molar-refractivity contribution in [2.75, 3.05) is 19.8 Å². The van der Waals surface area contributed by atoms with Gasteiger partial charge in [0.25, 0.3) is 5.91 Å². The van der Waals surface area contributed by atoms with Crippen LogP contribution in [0, 0.1) is 6.92 Å². The van der Waals surface area contributed by atoms with Crippen LogP contribution in [0.1, 0.15) is 28.7 Å². The van der Waals surface area contributed by atoms with Crippen LogP contribution in [0.5, 0.6) is 0 Å². The molecule has 1 N–H and O–H groups in total. The zero-order valence-electron chi connectivity index (χ0n) is 10.4. The van der Waals surface area contributed by atoms with Crippen molar-refractivity contribution in [2.24, 2.45) is 7.05 Å². The quantitative estimate of drug-likeness (QED) is 0.772. The average molecular weight is 258 g/mol. The second kappa shape index (κ2) is 6.56. The molecule has 0 aliphatic carbocycles. The molecule has 0 spiro atoms. The zero-order chi connectivity index (χ0) is 12.8. The molecule has 1 heterocycles. The summed E-state index contributed by atoms with van der Waals surface area (Å²) < 4.78 is 6.65. The Labute approximate surface area is 104 Å². The molecule has 0 bridgehead atoms. The van der Waals surface area contributed by atoms with Crippen LogP contribution in [-0.2, 0) is 11.8 Å². The molecule has 96 valence electrons. The molecule has 0 aromatic carbocycles. The molecule has 0 radical (unpaired) electrons. The summed E-state index contributed by atoms with van der Waals surface area (Å²) in [6.45, 7) is 5.60. The maximum atomic E-state index is 11.8. The Hall–Kier alpha value is -1.14. The third-order valence-electron chi connectivity index (χ3n) is 2.46. The van der Waals surface area contributed by atoms with Crippen LogP contribution in [0.25, 0.3) is 0 Å². The topological polar surface area (TPSA) is 60.3 Å². The molecule has 0 unspecified atom stereocenters. The van der Waals surface area contributed by atoms with E-state index in [-0.39, 0.29) is 10.8 Å². The molecule has 1 aromatic rings. The van der Waals surface area contributed by atoms with E-state index in [9.17, 15) is 9.59 Å². The highest BCUT2D eigenvalue weighted by molar-refractivity contribution is 7.11. The molecule has 1 aromatic heterocycles. The van der Waals surface area contributed by atoms with Crippen molar-refractivity contribution in [2.45, 2.75) is 20.3 Å². The van der Waals surface area contributed by atoms with Gasteiger partial charge >= 0.3 is 4.87 Å². The number of ether oxygens (including phenoxy) is 1. The number of nitrogens with one attached hydrogen (secondary N) is 1. The van der Waals surface area contributed by atoms with Crippen LogP contribution in [0.2, 0.25) is 0 Å². The van der Waals surface area contributed by atoms with E-state index in [0.717, 1.165) is 17.8 Å². The largest absolute Gasteiger partial charge is 0.382 e. The van der Waals surface area contributed by atoms with Crippen molar-refractivity contribution in [3.63, 3.8) is 0 Å². The molecule has 1 amide bonds. The molecule has 0 fully saturated rings. The molecule has 0 saturated carbocycles. The third kappa shape index (κ3) is 3.67. The summed E-state index contributed by atoms with van der Waals surface area (Å²) in [5.41, 5.74) is 0.710. The second-order valence-corrected chi connectivity index (χ2v) is 4.61. The van der Waals surface area contributed by atoms with Crippen LogP contribution < -0.4 is 10.2 Å². The lowest BCUT2D eigenvalue weighted by atomic mass is 10.3. The number of carbonyl (C=O) groups is 1. The van der Waals surface area contributed by atoms with Gasteiger partial charge in [-0.2, -0.15) is 0 Å². The minimum Gasteiger partial charge on any atom is -0.382 e. The fraction of sp³-hybridized carbons (Fsp3) is 0.636. The Morgan fingerprint density at radius 3 is 2.76 bits per heavy atom. The van der Waals surface area contributed by atoms with Crippen molar-refractivity contribution < 1.29 is 9.53 Å². The van der Waals surface area contributed by atoms with Crippen molar-refractivity contribution in [1.29, 1.82) is 0 Å². The average Bonchev–Trinajstić information content (AvgIpc) is 2.56. The van der Waals surface area contributed by atoms with Gasteiger partial charge in [0, 0.05) is 32.5 Å². The summed E-state index contributed by atoms with van der Waals surface area (Å²) in [5, 5.41) is 2.78. The van der Waals surface area contributed by atoms with Gasteiger partial charge in [-0.05, 0) is 20.3 Å². The van der Waals surface area contributed by atoms with Gasteiger partial charge in [-0.25, -0.2) is 0 Å². The van der Waals surface area contributed by atoms with Crippen molar-refractivity contribution >= 4 is 17.2 Å². The van der Waals surface area contributed by atoms with Gasteiger partial charge in [-0.1, -0.05) is 11.3 Å². The molecular weight excluding hydrogens is 240 g/mol. The van der Waals surface area contributed by atoms with Crippen molar-refractivity contribution in [3.8, 4) is 0 Å². The summed E-state index contributed by atoms with van der Waals surface area (Å²) in [6, 6.07) is 0. The molecule has 0 aliphatic rings. The predicted octanol–water partition coefficient (Wildman–Crippen LogP) is 0.912. The van der Waals surface area contributed by atoms with E-state index in [0.29, 0.717) is 30.3 Å². The number of rotatable bonds is 6. The number of aromatic nitrogens is 1. The highest BCUT2D eigenvalue weighted by atomic mass is 32.1. The van der Waals surface area contributed by atoms with Gasteiger partial charge in [0.05, 0.1) is 0 Å². The van der Waals surface area contributed by atoms with Gasteiger partial charge in [0.15, 0.2) is 0 Å². The summed E-state index contributed by atoms with van der Waals surface area (Å²) in [5.74, 6) is -0.179. The number of hydrogen-bond acceptors (Lipinski definition) is 4. The molecule has 5 nitrogen and oxygen atoms in total. The van der Waals surface area contributed by atoms with E-state index in [1.54, 1.807) is 14.0 Å². The van der Waals surface area contributed by atoms with E-state index >= 15 is 0 Å². The smallest absolute Gasteiger partial charge is 0.307 e. The zero-order valence-corrected chi connectivity index (χ0v) is 11.2. The fourth-order valence-corrected chi connectivity index (χ4v) is 2.23. The predicted molar refractivity (Wildman–Crippen MR) is 67.7 cm³/mol. The van der Waals surface area contributed by atoms with Crippen LogP contribution >= 0.6 is 11.3 Å². The van der Waals surface area contributed by atoms with Gasteiger partial charge in [0.2, 0.25) is 0 Å². The lowest BCUT2D eigenvalue weighted by Crippen LogP contribution is -2.25. The van der Waals surface area contributed by atoms with E-state index in [4.69, 9.17) is 4.74 Å². The molecular formula is C11H18N2O3S. The van der Waals surface area contributed by atoms with Gasteiger partial charge in [-0.3, -0.25) is 9.59 Å². The van der Waals surface area contributed by atoms with E-state index in [1.165, 1.54) is 4.57 Å². The summed E-state index contributed by atoms with van der Waals surface area (Å²) >= 11 is 0.981. The first-order chi connectivity index (χ1) is 8.07. The lowest BCUT2D eigenvalue weighted by molar-refractivity contribution is 0.0947. The normalized spacial score (nSPS) is 10.5. The molecule has 0 saturated heterocycles. The highest BCUT2D eigenvalue weighted by Gasteiger charge is 2.14. The van der Waals surface area contributed by atoms with Gasteiger partial charge in [0.1, 0.15) is 4.88 Å². The van der Waals surface area contributed by atoms with E-state index < -0.39 is 0 Å². The maximum Gasteiger partial charge on any atom is 0.307 e. The van der Waals surface area contributed by atoms with Crippen LogP contribution in [0.4, 0.5) is 0 Å². The maximum absolute atomic E-state index is 11.8. The summed E-state index contributed by atoms with van der Waals surface area (Å²) in [4.78, 5) is 23.5. The first kappa shape index (κ1) is 13.9. The van der Waals surface area contributed by atoms with E-state index in [2.05, 4.69) is 5.32 Å². The summed E-state index contributed by atoms with van der Waals surface area (Å²) in [7, 11) is 1.67. The molecule has 1 rings (SSSR count). The number of carbonyl (C=O) groups excluding carboxylic acids is 1. The first-order valence-corrected chi connectivity index (χ1v) is 6.42. The molecule has 0 atom stereocenters. The van der Waals surface area contributed by atoms with Crippen molar-refractivity contribution in [3.05, 3.63) is 20.2 Å². The van der Waals surface area contributed by atoms with Crippen LogP contribution in [0.15, 0.2) is 4.79 Å². The Bertz CT molecular complexity index is 436. The fourth-order valence-electron chi connectivity index (χ4n) is 1.33. The minimum atomic E-state index is -0.179. The Morgan fingerprint density at radius 2 is 2.24 bits per heavy atom. The van der Waals surface area contributed by atoms with Gasteiger partial charge in [-0.15, -0.1) is 0 Å². The second-order valence-electron chi connectivity index (χ2n) is 3.65. The number of thiazole rings is 1. The molecule has 0 aliphatic heterocycles. The number of amides is 1. The van der Waals surface area contributed by atoms with Gasteiger partial charge < -0.3 is 14.6 Å². The number of nitrogens with zero attached hydrogens (tertiary/aromatic N) is 1. The van der Waals surface area contributed by atoms with Crippen molar-refractivity contribution in [1.82, 2.24) is 9.88 Å². The number of hydrogen-bond donors (Lipinski definition) is 1. The first-order valence-electron chi connectivity index (χ1n) is 5.60. The Kier molecular flexibility index (Phi) is 5.37. The van der Waals surface area contributed by atoms with E-state index in [1.807, 2.05) is 6.92 Å². The Morgan fingerprint density at radius 1 is 1.53 bits per heavy atom. The third-order valence-corrected chi connectivity index (χ3v) is 3.59. The summed E-state index contributed by atoms with van der Waals surface area (Å²) in [6.07, 6.45) is 0.778. The lowest BCUT2D eigenvalue weighted by Gasteiger charge is -2.04. The SMILES string of the molecule is CCOCCCNC(=O)c1sc(=O)n(C)c1C. The standard InChI is InChI=1S/C11H18N2O3S/c1-4-16-7-5-6-12-10(14)9-8(2)13(3)11(15)17-9/h4-7H2,1-3H3,(H,12,14). The Balaban J connectivity index is 2.47. The molecule has 17 heavy (non-hydrogen) atoms. The van der Waals surface area contributed by atoms with Crippen LogP contribution in [-0.4, -0.2) is 30.2 Å². The molecule has 6 heteroatoms. The monoisotopic (exact) mass is 258 g/mol.